The summed E-state index contributed by atoms with van der Waals surface area (Å²) in [6, 6.07) is 6.90. The summed E-state index contributed by atoms with van der Waals surface area (Å²) in [7, 11) is 1.60. The van der Waals surface area contributed by atoms with Gasteiger partial charge in [-0.15, -0.1) is 0 Å². The molecular formula is C23H30N6O2. The van der Waals surface area contributed by atoms with E-state index in [-0.39, 0.29) is 6.10 Å². The van der Waals surface area contributed by atoms with Crippen molar-refractivity contribution in [1.29, 1.82) is 0 Å². The fourth-order valence-electron chi connectivity index (χ4n) is 4.75. The van der Waals surface area contributed by atoms with Gasteiger partial charge in [-0.25, -0.2) is 4.68 Å². The molecular weight excluding hydrogens is 392 g/mol. The highest BCUT2D eigenvalue weighted by molar-refractivity contribution is 5.82. The average molecular weight is 423 g/mol. The highest BCUT2D eigenvalue weighted by atomic mass is 16.5. The number of anilines is 1. The number of fused-ring (bicyclic) bond motifs is 1. The van der Waals surface area contributed by atoms with E-state index >= 15 is 0 Å². The lowest BCUT2D eigenvalue weighted by molar-refractivity contribution is 0.0529. The molecule has 5 rings (SSSR count). The molecule has 8 nitrogen and oxygen atoms in total. The Bertz CT molecular complexity index is 1080. The van der Waals surface area contributed by atoms with Gasteiger partial charge in [-0.1, -0.05) is 0 Å². The molecule has 1 aromatic carbocycles. The van der Waals surface area contributed by atoms with Crippen molar-refractivity contribution in [2.24, 2.45) is 0 Å². The van der Waals surface area contributed by atoms with Gasteiger partial charge in [-0.05, 0) is 69.0 Å². The van der Waals surface area contributed by atoms with Crippen LogP contribution in [0.15, 0.2) is 24.4 Å². The Morgan fingerprint density at radius 2 is 1.94 bits per heavy atom. The molecule has 3 aromatic rings. The molecule has 2 aromatic heterocycles. The maximum absolute atomic E-state index is 5.69. The molecule has 0 aliphatic carbocycles. The van der Waals surface area contributed by atoms with E-state index in [1.54, 1.807) is 7.11 Å². The molecule has 2 fully saturated rings. The topological polar surface area (TPSA) is 77.3 Å². The highest BCUT2D eigenvalue weighted by Crippen LogP contribution is 2.32. The third-order valence-electron chi connectivity index (χ3n) is 6.38. The quantitative estimate of drug-likeness (QED) is 0.693. The standard InChI is InChI=1S/C23H30N6O2/c1-15-10-18-13-25-29(20(18)11-19(15)17-4-6-24-7-5-17)22-12-21(26-23(27-22)30-3)28-8-9-31-16(2)14-28/h10-13,16-17,24H,4-9,14H2,1-3H3/t16-/m0/s1. The van der Waals surface area contributed by atoms with E-state index in [9.17, 15) is 0 Å². The third-order valence-corrected chi connectivity index (χ3v) is 6.38. The SMILES string of the molecule is COc1nc(N2CCO[C@@H](C)C2)cc(-n2ncc3cc(C)c(C4CCNCC4)cc32)n1. The summed E-state index contributed by atoms with van der Waals surface area (Å²) in [4.78, 5) is 11.4. The van der Waals surface area contributed by atoms with Crippen molar-refractivity contribution in [3.8, 4) is 11.8 Å². The van der Waals surface area contributed by atoms with Crippen LogP contribution in [-0.4, -0.2) is 65.7 Å². The average Bonchev–Trinajstić information content (AvgIpc) is 3.21. The van der Waals surface area contributed by atoms with Gasteiger partial charge < -0.3 is 19.7 Å². The summed E-state index contributed by atoms with van der Waals surface area (Å²) < 4.78 is 13.0. The molecule has 2 aliphatic rings. The van der Waals surface area contributed by atoms with Crippen molar-refractivity contribution in [2.75, 3.05) is 44.8 Å². The first-order chi connectivity index (χ1) is 15.1. The molecule has 0 saturated carbocycles. The Hall–Kier alpha value is -2.71. The number of nitrogens with one attached hydrogen (secondary N) is 1. The number of benzene rings is 1. The Morgan fingerprint density at radius 3 is 2.71 bits per heavy atom. The van der Waals surface area contributed by atoms with Gasteiger partial charge in [0.25, 0.3) is 0 Å². The van der Waals surface area contributed by atoms with E-state index in [2.05, 4.69) is 51.3 Å². The van der Waals surface area contributed by atoms with Crippen LogP contribution in [0.25, 0.3) is 16.7 Å². The molecule has 0 amide bonds. The highest BCUT2D eigenvalue weighted by Gasteiger charge is 2.22. The van der Waals surface area contributed by atoms with Crippen molar-refractivity contribution in [3.05, 3.63) is 35.5 Å². The number of hydrogen-bond donors (Lipinski definition) is 1. The molecule has 164 valence electrons. The van der Waals surface area contributed by atoms with Gasteiger partial charge in [-0.2, -0.15) is 15.1 Å². The van der Waals surface area contributed by atoms with E-state index in [1.165, 1.54) is 24.0 Å². The van der Waals surface area contributed by atoms with Crippen LogP contribution in [0, 0.1) is 6.92 Å². The number of morpholine rings is 1. The van der Waals surface area contributed by atoms with Crippen LogP contribution in [0.1, 0.15) is 36.8 Å². The van der Waals surface area contributed by atoms with Crippen LogP contribution in [-0.2, 0) is 4.74 Å². The van der Waals surface area contributed by atoms with Crippen molar-refractivity contribution < 1.29 is 9.47 Å². The Labute approximate surface area is 182 Å². The fraction of sp³-hybridized carbons (Fsp3) is 0.522. The van der Waals surface area contributed by atoms with Gasteiger partial charge in [0.05, 0.1) is 31.5 Å². The monoisotopic (exact) mass is 422 g/mol. The minimum absolute atomic E-state index is 0.166. The predicted molar refractivity (Wildman–Crippen MR) is 120 cm³/mol. The van der Waals surface area contributed by atoms with Crippen LogP contribution in [0.5, 0.6) is 6.01 Å². The molecule has 4 heterocycles. The molecule has 2 saturated heterocycles. The molecule has 1 atom stereocenters. The molecule has 0 radical (unpaired) electrons. The van der Waals surface area contributed by atoms with Crippen LogP contribution >= 0.6 is 0 Å². The van der Waals surface area contributed by atoms with Crippen LogP contribution in [0.2, 0.25) is 0 Å². The van der Waals surface area contributed by atoms with Crippen molar-refractivity contribution >= 4 is 16.7 Å². The maximum Gasteiger partial charge on any atom is 0.320 e. The summed E-state index contributed by atoms with van der Waals surface area (Å²) in [5, 5.41) is 9.27. The van der Waals surface area contributed by atoms with E-state index < -0.39 is 0 Å². The first-order valence-corrected chi connectivity index (χ1v) is 11.1. The molecule has 0 spiro atoms. The summed E-state index contributed by atoms with van der Waals surface area (Å²) >= 11 is 0. The molecule has 8 heteroatoms. The summed E-state index contributed by atoms with van der Waals surface area (Å²) in [6.07, 6.45) is 4.42. The molecule has 31 heavy (non-hydrogen) atoms. The minimum Gasteiger partial charge on any atom is -0.467 e. The number of hydrogen-bond acceptors (Lipinski definition) is 7. The normalized spacial score (nSPS) is 20.4. The largest absolute Gasteiger partial charge is 0.467 e. The smallest absolute Gasteiger partial charge is 0.320 e. The lowest BCUT2D eigenvalue weighted by Gasteiger charge is -2.32. The molecule has 1 N–H and O–H groups in total. The number of piperidine rings is 1. The van der Waals surface area contributed by atoms with E-state index in [0.29, 0.717) is 18.5 Å². The van der Waals surface area contributed by atoms with Crippen LogP contribution in [0.4, 0.5) is 5.82 Å². The minimum atomic E-state index is 0.166. The van der Waals surface area contributed by atoms with Crippen molar-refractivity contribution in [1.82, 2.24) is 25.1 Å². The second kappa shape index (κ2) is 8.43. The number of methoxy groups -OCH3 is 1. The van der Waals surface area contributed by atoms with Crippen molar-refractivity contribution in [3.63, 3.8) is 0 Å². The van der Waals surface area contributed by atoms with E-state index in [1.807, 2.05) is 16.9 Å². The number of aromatic nitrogens is 4. The fourth-order valence-corrected chi connectivity index (χ4v) is 4.75. The summed E-state index contributed by atoms with van der Waals surface area (Å²) in [5.41, 5.74) is 3.82. The number of rotatable bonds is 4. The third kappa shape index (κ3) is 3.97. The Morgan fingerprint density at radius 1 is 1.13 bits per heavy atom. The zero-order valence-electron chi connectivity index (χ0n) is 18.5. The Balaban J connectivity index is 1.57. The zero-order valence-corrected chi connectivity index (χ0v) is 18.5. The summed E-state index contributed by atoms with van der Waals surface area (Å²) in [5.74, 6) is 2.14. The lowest BCUT2D eigenvalue weighted by atomic mass is 9.87. The van der Waals surface area contributed by atoms with Gasteiger partial charge in [0, 0.05) is 24.5 Å². The van der Waals surface area contributed by atoms with Crippen LogP contribution < -0.4 is 15.0 Å². The Kier molecular flexibility index (Phi) is 5.50. The predicted octanol–water partition coefficient (Wildman–Crippen LogP) is 2.82. The maximum atomic E-state index is 5.69. The second-order valence-corrected chi connectivity index (χ2v) is 8.55. The molecule has 2 aliphatic heterocycles. The van der Waals surface area contributed by atoms with Gasteiger partial charge in [0.1, 0.15) is 5.82 Å². The summed E-state index contributed by atoms with van der Waals surface area (Å²) in [6.45, 7) is 8.71. The van der Waals surface area contributed by atoms with Crippen LogP contribution in [0.3, 0.4) is 0 Å². The van der Waals surface area contributed by atoms with E-state index in [0.717, 1.165) is 48.7 Å². The van der Waals surface area contributed by atoms with Gasteiger partial charge in [0.2, 0.25) is 0 Å². The first-order valence-electron chi connectivity index (χ1n) is 11.1. The first kappa shape index (κ1) is 20.2. The van der Waals surface area contributed by atoms with Gasteiger partial charge in [0.15, 0.2) is 5.82 Å². The lowest BCUT2D eigenvalue weighted by Crippen LogP contribution is -2.41. The molecule has 0 bridgehead atoms. The molecule has 0 unspecified atom stereocenters. The number of nitrogens with zero attached hydrogens (tertiary/aromatic N) is 5. The number of aryl methyl sites for hydroxylation is 1. The number of ether oxygens (including phenoxy) is 2. The van der Waals surface area contributed by atoms with Gasteiger partial charge in [-0.3, -0.25) is 0 Å². The van der Waals surface area contributed by atoms with Gasteiger partial charge >= 0.3 is 6.01 Å². The second-order valence-electron chi connectivity index (χ2n) is 8.55. The van der Waals surface area contributed by atoms with Crippen molar-refractivity contribution in [2.45, 2.75) is 38.7 Å². The van der Waals surface area contributed by atoms with E-state index in [4.69, 9.17) is 9.47 Å². The zero-order chi connectivity index (χ0) is 21.4.